The van der Waals surface area contributed by atoms with Gasteiger partial charge in [-0.1, -0.05) is 0 Å². The third-order valence-corrected chi connectivity index (χ3v) is 4.44. The lowest BCUT2D eigenvalue weighted by atomic mass is 9.87. The molecule has 0 aromatic carbocycles. The fraction of sp³-hybridized carbons (Fsp3) is 0.286. The average Bonchev–Trinajstić information content (AvgIpc) is 2.90. The van der Waals surface area contributed by atoms with Crippen LogP contribution in [0.5, 0.6) is 0 Å². The molecule has 20 heavy (non-hydrogen) atoms. The van der Waals surface area contributed by atoms with Gasteiger partial charge < -0.3 is 5.32 Å². The van der Waals surface area contributed by atoms with Gasteiger partial charge in [-0.25, -0.2) is 0 Å². The Hall–Kier alpha value is -1.82. The van der Waals surface area contributed by atoms with Crippen molar-refractivity contribution in [2.45, 2.75) is 25.2 Å². The summed E-state index contributed by atoms with van der Waals surface area (Å²) >= 11 is 1.64. The number of halogens is 2. The highest BCUT2D eigenvalue weighted by Crippen LogP contribution is 2.35. The molecule has 2 aromatic heterocycles. The molecule has 1 aliphatic rings. The van der Waals surface area contributed by atoms with Crippen LogP contribution < -0.4 is 5.32 Å². The molecule has 1 amide bonds. The highest BCUT2D eigenvalue weighted by Gasteiger charge is 2.27. The predicted molar refractivity (Wildman–Crippen MR) is 72.8 cm³/mol. The molecule has 0 radical (unpaired) electrons. The van der Waals surface area contributed by atoms with Crippen LogP contribution in [0.25, 0.3) is 0 Å². The Kier molecular flexibility index (Phi) is 3.48. The highest BCUT2D eigenvalue weighted by atomic mass is 32.1. The molecule has 0 fully saturated rings. The van der Waals surface area contributed by atoms with Gasteiger partial charge in [0.05, 0.1) is 11.6 Å². The van der Waals surface area contributed by atoms with Crippen LogP contribution in [0.3, 0.4) is 0 Å². The molecule has 0 spiro atoms. The normalized spacial score (nSPS) is 17.6. The summed E-state index contributed by atoms with van der Waals surface area (Å²) in [4.78, 5) is 16.5. The van der Waals surface area contributed by atoms with Gasteiger partial charge in [-0.3, -0.25) is 4.79 Å². The van der Waals surface area contributed by atoms with E-state index in [2.05, 4.69) is 10.3 Å². The minimum absolute atomic E-state index is 0.0845. The zero-order valence-electron chi connectivity index (χ0n) is 10.5. The Morgan fingerprint density at radius 2 is 2.20 bits per heavy atom. The molecule has 0 aliphatic heterocycles. The topological polar surface area (TPSA) is 42.0 Å². The van der Waals surface area contributed by atoms with Crippen LogP contribution in [0.2, 0.25) is 0 Å². The summed E-state index contributed by atoms with van der Waals surface area (Å²) < 4.78 is 26.2. The van der Waals surface area contributed by atoms with E-state index >= 15 is 0 Å². The van der Waals surface area contributed by atoms with Crippen LogP contribution in [0, 0.1) is 11.9 Å². The van der Waals surface area contributed by atoms with E-state index in [1.54, 1.807) is 11.3 Å². The third-order valence-electron chi connectivity index (χ3n) is 3.44. The Morgan fingerprint density at radius 1 is 1.35 bits per heavy atom. The number of thiophene rings is 1. The van der Waals surface area contributed by atoms with Crippen molar-refractivity contribution in [2.75, 3.05) is 5.32 Å². The number of anilines is 1. The number of hydrogen-bond acceptors (Lipinski definition) is 3. The first kappa shape index (κ1) is 13.2. The number of carbonyl (C=O) groups is 1. The number of fused-ring (bicyclic) bond motifs is 1. The van der Waals surface area contributed by atoms with E-state index in [0.717, 1.165) is 30.9 Å². The van der Waals surface area contributed by atoms with Gasteiger partial charge in [0.2, 0.25) is 17.8 Å². The maximum Gasteiger partial charge on any atom is 0.239 e. The zero-order chi connectivity index (χ0) is 14.1. The lowest BCUT2D eigenvalue weighted by molar-refractivity contribution is -0.117. The van der Waals surface area contributed by atoms with E-state index < -0.39 is 11.9 Å². The maximum absolute atomic E-state index is 13.5. The molecule has 3 nitrogen and oxygen atoms in total. The summed E-state index contributed by atoms with van der Waals surface area (Å²) in [6.45, 7) is 0. The number of amides is 1. The van der Waals surface area contributed by atoms with Crippen LogP contribution in [0.15, 0.2) is 23.6 Å². The van der Waals surface area contributed by atoms with Crippen LogP contribution in [0.1, 0.15) is 29.2 Å². The Balaban J connectivity index is 1.81. The molecular formula is C14H12F2N2OS. The Labute approximate surface area is 118 Å². The van der Waals surface area contributed by atoms with Crippen LogP contribution >= 0.6 is 11.3 Å². The summed E-state index contributed by atoms with van der Waals surface area (Å²) in [5, 5.41) is 4.47. The van der Waals surface area contributed by atoms with Crippen LogP contribution in [-0.4, -0.2) is 10.9 Å². The predicted octanol–water partition coefficient (Wildman–Crippen LogP) is 3.48. The molecule has 3 rings (SSSR count). The van der Waals surface area contributed by atoms with E-state index in [-0.39, 0.29) is 17.5 Å². The quantitative estimate of drug-likeness (QED) is 0.862. The molecule has 1 atom stereocenters. The first-order valence-corrected chi connectivity index (χ1v) is 7.22. The second-order valence-corrected chi connectivity index (χ2v) is 5.71. The molecule has 104 valence electrons. The van der Waals surface area contributed by atoms with Crippen molar-refractivity contribution in [1.29, 1.82) is 0 Å². The molecule has 1 N–H and O–H groups in total. The van der Waals surface area contributed by atoms with Gasteiger partial charge in [0, 0.05) is 4.88 Å². The second kappa shape index (κ2) is 5.28. The molecule has 6 heteroatoms. The van der Waals surface area contributed by atoms with Crippen molar-refractivity contribution in [3.8, 4) is 0 Å². The van der Waals surface area contributed by atoms with Gasteiger partial charge in [0.1, 0.15) is 0 Å². The van der Waals surface area contributed by atoms with Gasteiger partial charge in [0.15, 0.2) is 0 Å². The standard InChI is InChI=1S/C14H12F2N2OS/c15-12-5-4-10(13(16)18-12)17-14(19)9-2-1-3-11-8(9)6-7-20-11/h4-7,9H,1-3H2,(H,17,19). The number of nitrogens with one attached hydrogen (secondary N) is 1. The summed E-state index contributed by atoms with van der Waals surface area (Å²) in [6, 6.07) is 4.16. The fourth-order valence-electron chi connectivity index (χ4n) is 2.48. The first-order chi connectivity index (χ1) is 9.65. The lowest BCUT2D eigenvalue weighted by Gasteiger charge is -2.21. The van der Waals surface area contributed by atoms with E-state index in [1.165, 1.54) is 10.9 Å². The Bertz CT molecular complexity index is 656. The summed E-state index contributed by atoms with van der Waals surface area (Å²) in [5.74, 6) is -2.44. The van der Waals surface area contributed by atoms with Gasteiger partial charge in [-0.15, -0.1) is 11.3 Å². The van der Waals surface area contributed by atoms with E-state index in [9.17, 15) is 13.6 Å². The van der Waals surface area contributed by atoms with Crippen molar-refractivity contribution in [3.05, 3.63) is 45.9 Å². The third kappa shape index (κ3) is 2.43. The smallest absolute Gasteiger partial charge is 0.239 e. The monoisotopic (exact) mass is 294 g/mol. The summed E-state index contributed by atoms with van der Waals surface area (Å²) in [6.07, 6.45) is 2.67. The van der Waals surface area contributed by atoms with Crippen molar-refractivity contribution < 1.29 is 13.6 Å². The molecule has 1 unspecified atom stereocenters. The largest absolute Gasteiger partial charge is 0.322 e. The number of rotatable bonds is 2. The average molecular weight is 294 g/mol. The number of aromatic nitrogens is 1. The van der Waals surface area contributed by atoms with Gasteiger partial charge in [-0.05, 0) is 48.4 Å². The number of aryl methyl sites for hydroxylation is 1. The van der Waals surface area contributed by atoms with E-state index in [1.807, 2.05) is 11.4 Å². The molecule has 1 aliphatic carbocycles. The lowest BCUT2D eigenvalue weighted by Crippen LogP contribution is -2.24. The van der Waals surface area contributed by atoms with Crippen molar-refractivity contribution >= 4 is 22.9 Å². The molecule has 2 aromatic rings. The van der Waals surface area contributed by atoms with Crippen LogP contribution in [-0.2, 0) is 11.2 Å². The van der Waals surface area contributed by atoms with Gasteiger partial charge >= 0.3 is 0 Å². The number of pyridine rings is 1. The minimum atomic E-state index is -1.00. The molecular weight excluding hydrogens is 282 g/mol. The highest BCUT2D eigenvalue weighted by molar-refractivity contribution is 7.10. The number of nitrogens with zero attached hydrogens (tertiary/aromatic N) is 1. The summed E-state index contributed by atoms with van der Waals surface area (Å²) in [5.41, 5.74) is 0.938. The maximum atomic E-state index is 13.5. The summed E-state index contributed by atoms with van der Waals surface area (Å²) in [7, 11) is 0. The van der Waals surface area contributed by atoms with Gasteiger partial charge in [0.25, 0.3) is 0 Å². The van der Waals surface area contributed by atoms with Gasteiger partial charge in [-0.2, -0.15) is 13.8 Å². The van der Waals surface area contributed by atoms with E-state index in [4.69, 9.17) is 0 Å². The fourth-order valence-corrected chi connectivity index (χ4v) is 3.47. The molecule has 0 saturated carbocycles. The number of carbonyl (C=O) groups excluding carboxylic acids is 1. The molecule has 0 bridgehead atoms. The van der Waals surface area contributed by atoms with Crippen molar-refractivity contribution in [3.63, 3.8) is 0 Å². The minimum Gasteiger partial charge on any atom is -0.322 e. The SMILES string of the molecule is O=C(Nc1ccc(F)nc1F)C1CCCc2sccc21. The van der Waals surface area contributed by atoms with E-state index in [0.29, 0.717) is 0 Å². The Morgan fingerprint density at radius 3 is 3.00 bits per heavy atom. The van der Waals surface area contributed by atoms with Crippen molar-refractivity contribution in [2.24, 2.45) is 0 Å². The molecule has 0 saturated heterocycles. The van der Waals surface area contributed by atoms with Crippen molar-refractivity contribution in [1.82, 2.24) is 4.98 Å². The first-order valence-electron chi connectivity index (χ1n) is 6.34. The second-order valence-electron chi connectivity index (χ2n) is 4.71. The molecule has 2 heterocycles. The zero-order valence-corrected chi connectivity index (χ0v) is 11.3. The van der Waals surface area contributed by atoms with Crippen LogP contribution in [0.4, 0.5) is 14.5 Å². The number of hydrogen-bond donors (Lipinski definition) is 1.